The van der Waals surface area contributed by atoms with Gasteiger partial charge in [-0.25, -0.2) is 0 Å². The lowest BCUT2D eigenvalue weighted by Crippen LogP contribution is -2.24. The number of fused-ring (bicyclic) bond motifs is 8. The molecule has 0 bridgehead atoms. The summed E-state index contributed by atoms with van der Waals surface area (Å²) < 4.78 is 15.7. The van der Waals surface area contributed by atoms with E-state index in [0.29, 0.717) is 51.7 Å². The summed E-state index contributed by atoms with van der Waals surface area (Å²) in [6, 6.07) is 75.7. The van der Waals surface area contributed by atoms with Gasteiger partial charge >= 0.3 is 17.9 Å². The Balaban J connectivity index is 0.000000161. The molecule has 0 radical (unpaired) electrons. The van der Waals surface area contributed by atoms with Crippen LogP contribution in [-0.2, 0) is 41.7 Å². The van der Waals surface area contributed by atoms with Crippen molar-refractivity contribution in [1.82, 2.24) is 10.6 Å². The number of hydrogen-bond donors (Lipinski definition) is 4. The lowest BCUT2D eigenvalue weighted by Gasteiger charge is -2.19. The number of aliphatic imine (C=N–C) groups is 1. The van der Waals surface area contributed by atoms with E-state index in [1.54, 1.807) is 0 Å². The number of nitrogens with one attached hydrogen (secondary N) is 2. The van der Waals surface area contributed by atoms with Crippen molar-refractivity contribution in [3.63, 3.8) is 0 Å². The number of rotatable bonds is 19. The van der Waals surface area contributed by atoms with Crippen molar-refractivity contribution < 1.29 is 33.4 Å². The van der Waals surface area contributed by atoms with Crippen molar-refractivity contribution in [3.8, 4) is 0 Å². The summed E-state index contributed by atoms with van der Waals surface area (Å²) in [7, 11) is 0. The maximum Gasteiger partial charge on any atom is 0.306 e. The topological polar surface area (TPSA) is 184 Å². The number of esters is 3. The molecule has 12 rings (SSSR count). The van der Waals surface area contributed by atoms with Crippen LogP contribution >= 0.6 is 0 Å². The van der Waals surface area contributed by atoms with Crippen LogP contribution in [0.1, 0.15) is 128 Å². The molecule has 12 nitrogen and oxygen atoms in total. The number of ether oxygens (including phenoxy) is 3. The van der Waals surface area contributed by atoms with Gasteiger partial charge in [-0.1, -0.05) is 194 Å². The number of nitrogens with zero attached hydrogens (tertiary/aromatic N) is 1. The van der Waals surface area contributed by atoms with Crippen molar-refractivity contribution in [1.29, 1.82) is 0 Å². The van der Waals surface area contributed by atoms with E-state index in [-0.39, 0.29) is 23.5 Å². The molecule has 0 heterocycles. The highest BCUT2D eigenvalue weighted by atomic mass is 16.6. The molecule has 12 heteroatoms. The van der Waals surface area contributed by atoms with Gasteiger partial charge in [0.15, 0.2) is 6.29 Å². The van der Waals surface area contributed by atoms with Gasteiger partial charge in [0.25, 0.3) is 0 Å². The zero-order chi connectivity index (χ0) is 70.1. The van der Waals surface area contributed by atoms with E-state index in [1.165, 1.54) is 75.8 Å². The SMILES string of the molecule is CC(C)(C)OC(=O)CCCN.CC(C)(C)OC(=O)CCCN=Cc1c2ccccc2cc2ccccc12.CC(C)(C)OC(=O)CCCNCc1c2ccccc2cc2ccccc12.NCCNCc1c2ccccc2cc2ccccc12.O=Cc1c2ccccc2cc2ccccc12. The second-order valence-corrected chi connectivity index (χ2v) is 27.2. The van der Waals surface area contributed by atoms with E-state index in [2.05, 4.69) is 185 Å². The van der Waals surface area contributed by atoms with Gasteiger partial charge in [0.1, 0.15) is 16.8 Å². The van der Waals surface area contributed by atoms with E-state index in [4.69, 9.17) is 25.7 Å². The van der Waals surface area contributed by atoms with Crippen molar-refractivity contribution in [2.45, 2.75) is 131 Å². The number of benzene rings is 12. The first-order valence-electron chi connectivity index (χ1n) is 34.2. The van der Waals surface area contributed by atoms with Crippen molar-refractivity contribution in [3.05, 3.63) is 241 Å². The second kappa shape index (κ2) is 36.1. The highest BCUT2D eigenvalue weighted by Gasteiger charge is 2.18. The van der Waals surface area contributed by atoms with Gasteiger partial charge in [-0.05, 0) is 216 Å². The molecule has 0 aliphatic carbocycles. The maximum atomic E-state index is 11.8. The molecule has 12 aromatic carbocycles. The van der Waals surface area contributed by atoms with E-state index >= 15 is 0 Å². The number of aldehydes is 1. The van der Waals surface area contributed by atoms with E-state index in [1.807, 2.05) is 117 Å². The minimum absolute atomic E-state index is 0.130. The summed E-state index contributed by atoms with van der Waals surface area (Å²) in [5.41, 5.74) is 14.2. The summed E-state index contributed by atoms with van der Waals surface area (Å²) in [5.74, 6) is -0.457. The van der Waals surface area contributed by atoms with Crippen molar-refractivity contribution in [2.24, 2.45) is 16.5 Å². The van der Waals surface area contributed by atoms with Crippen LogP contribution in [0, 0.1) is 0 Å². The highest BCUT2D eigenvalue weighted by molar-refractivity contribution is 6.14. The quantitative estimate of drug-likeness (QED) is 0.0151. The maximum absolute atomic E-state index is 11.8. The third-order valence-corrected chi connectivity index (χ3v) is 15.9. The van der Waals surface area contributed by atoms with Gasteiger partial charge in [-0.15, -0.1) is 0 Å². The number of carbonyl (C=O) groups is 4. The first-order chi connectivity index (χ1) is 47.1. The average molecular weight is 1310 g/mol. The van der Waals surface area contributed by atoms with Crippen LogP contribution < -0.4 is 22.1 Å². The van der Waals surface area contributed by atoms with E-state index in [9.17, 15) is 19.2 Å². The van der Waals surface area contributed by atoms with Gasteiger partial charge in [-0.3, -0.25) is 24.2 Å². The summed E-state index contributed by atoms with van der Waals surface area (Å²) in [6.45, 7) is 22.0. The van der Waals surface area contributed by atoms with Crippen LogP contribution in [0.3, 0.4) is 0 Å². The Labute approximate surface area is 578 Å². The van der Waals surface area contributed by atoms with E-state index < -0.39 is 11.2 Å². The van der Waals surface area contributed by atoms with Crippen LogP contribution in [0.25, 0.3) is 86.2 Å². The fraction of sp³-hybridized carbons (Fsp3) is 0.291. The Hall–Kier alpha value is -9.69. The molecule has 0 aliphatic heterocycles. The Morgan fingerprint density at radius 1 is 0.367 bits per heavy atom. The van der Waals surface area contributed by atoms with Gasteiger partial charge in [0.05, 0.1) is 0 Å². The van der Waals surface area contributed by atoms with E-state index in [0.717, 1.165) is 71.6 Å². The number of nitrogens with two attached hydrogens (primary N) is 2. The molecule has 6 N–H and O–H groups in total. The third kappa shape index (κ3) is 22.2. The second-order valence-electron chi connectivity index (χ2n) is 27.2. The minimum atomic E-state index is -0.428. The fourth-order valence-corrected chi connectivity index (χ4v) is 11.7. The molecular formula is C86H97N5O7. The third-order valence-electron chi connectivity index (χ3n) is 15.9. The number of hydrogen-bond acceptors (Lipinski definition) is 12. The Morgan fingerprint density at radius 2 is 0.643 bits per heavy atom. The fourth-order valence-electron chi connectivity index (χ4n) is 11.7. The Morgan fingerprint density at radius 3 is 0.949 bits per heavy atom. The van der Waals surface area contributed by atoms with Crippen molar-refractivity contribution >= 4 is 117 Å². The molecule has 0 amide bonds. The molecule has 0 spiro atoms. The van der Waals surface area contributed by atoms with Crippen LogP contribution in [0.15, 0.2) is 223 Å². The molecule has 0 aliphatic rings. The largest absolute Gasteiger partial charge is 0.460 e. The molecular weight excluding hydrogens is 1210 g/mol. The summed E-state index contributed by atoms with van der Waals surface area (Å²) in [4.78, 5) is 50.3. The monoisotopic (exact) mass is 1310 g/mol. The molecule has 0 atom stereocenters. The first kappa shape index (κ1) is 74.1. The molecule has 0 aromatic heterocycles. The smallest absolute Gasteiger partial charge is 0.306 e. The van der Waals surface area contributed by atoms with Crippen molar-refractivity contribution in [2.75, 3.05) is 32.7 Å². The Bertz CT molecular complexity index is 4460. The van der Waals surface area contributed by atoms with Crippen LogP contribution in [0.4, 0.5) is 0 Å². The lowest BCUT2D eigenvalue weighted by molar-refractivity contribution is -0.156. The molecule has 0 unspecified atom stereocenters. The summed E-state index contributed by atoms with van der Waals surface area (Å²) >= 11 is 0. The lowest BCUT2D eigenvalue weighted by atomic mass is 9.97. The minimum Gasteiger partial charge on any atom is -0.460 e. The predicted octanol–water partition coefficient (Wildman–Crippen LogP) is 18.7. The zero-order valence-electron chi connectivity index (χ0n) is 58.6. The van der Waals surface area contributed by atoms with Gasteiger partial charge in [0, 0.05) is 69.3 Å². The number of carbonyl (C=O) groups excluding carboxylic acids is 4. The molecule has 0 fully saturated rings. The Kier molecular flexibility index (Phi) is 27.3. The molecule has 0 saturated carbocycles. The summed E-state index contributed by atoms with van der Waals surface area (Å²) in [6.07, 6.45) is 6.32. The first-order valence-corrected chi connectivity index (χ1v) is 34.2. The molecule has 12 aromatic rings. The van der Waals surface area contributed by atoms with Crippen LogP contribution in [0.2, 0.25) is 0 Å². The zero-order valence-corrected chi connectivity index (χ0v) is 58.6. The van der Waals surface area contributed by atoms with Gasteiger partial charge in [-0.2, -0.15) is 0 Å². The standard InChI is InChI=1S/C23H27NO2.C23H25NO2.C17H18N2.C15H10O.C8H17NO2/c2*1-23(2,3)26-22(25)13-8-14-24-16-21-19-11-6-4-9-17(19)15-18-10-5-7-12-20(18)21;18-9-10-19-12-17-15-7-3-1-5-13(15)11-14-6-2-4-8-16(14)17;16-10-15-13-7-3-1-5-11(13)9-12-6-2-4-8-14(12)15;1-8(2,3)11-7(10)5-4-6-9/h4-7,9-12,15,24H,8,13-14,16H2,1-3H3;4-7,9-12,15-16H,8,13-14H2,1-3H3;1-8,11,19H,9-10,12,18H2;1-10H;4-6,9H2,1-3H3. The molecule has 508 valence electrons. The van der Waals surface area contributed by atoms with Gasteiger partial charge in [0.2, 0.25) is 0 Å². The predicted molar refractivity (Wildman–Crippen MR) is 410 cm³/mol. The normalized spacial score (nSPS) is 11.5. The molecule has 98 heavy (non-hydrogen) atoms. The van der Waals surface area contributed by atoms with Crippen LogP contribution in [-0.4, -0.2) is 79.9 Å². The summed E-state index contributed by atoms with van der Waals surface area (Å²) in [5, 5.41) is 26.3. The van der Waals surface area contributed by atoms with Crippen LogP contribution in [0.5, 0.6) is 0 Å². The van der Waals surface area contributed by atoms with Gasteiger partial charge < -0.3 is 36.3 Å². The molecule has 0 saturated heterocycles. The average Bonchev–Trinajstić information content (AvgIpc) is 0.812. The highest BCUT2D eigenvalue weighted by Crippen LogP contribution is 2.32.